The van der Waals surface area contributed by atoms with Gasteiger partial charge < -0.3 is 5.11 Å². The third-order valence-corrected chi connectivity index (χ3v) is 6.58. The summed E-state index contributed by atoms with van der Waals surface area (Å²) >= 11 is 6.25. The predicted octanol–water partition coefficient (Wildman–Crippen LogP) is 4.90. The van der Waals surface area contributed by atoms with Crippen molar-refractivity contribution in [2.75, 3.05) is 0 Å². The Morgan fingerprint density at radius 1 is 1.10 bits per heavy atom. The van der Waals surface area contributed by atoms with Crippen LogP contribution in [0, 0.1) is 30.1 Å². The van der Waals surface area contributed by atoms with Crippen molar-refractivity contribution in [1.29, 1.82) is 0 Å². The molecule has 1 atom stereocenters. The zero-order chi connectivity index (χ0) is 13.9. The Kier molecular flexibility index (Phi) is 2.95. The van der Waals surface area contributed by atoms with E-state index in [4.69, 9.17) is 11.6 Å². The Morgan fingerprint density at radius 2 is 1.65 bits per heavy atom. The van der Waals surface area contributed by atoms with E-state index in [1.165, 1.54) is 38.5 Å². The van der Waals surface area contributed by atoms with Gasteiger partial charge in [-0.15, -0.1) is 0 Å². The van der Waals surface area contributed by atoms with E-state index in [0.29, 0.717) is 0 Å². The molecule has 0 spiro atoms. The standard InChI is InChI=1S/C18H23ClO/c1-11-2-3-15(7-16(11)19)17(20)18-8-12-4-13(9-18)6-14(5-12)10-18/h2-3,7,12-14,17,20H,4-6,8-10H2,1H3. The van der Waals surface area contributed by atoms with E-state index in [1.807, 2.05) is 19.1 Å². The highest BCUT2D eigenvalue weighted by molar-refractivity contribution is 6.31. The molecule has 4 saturated carbocycles. The Morgan fingerprint density at radius 3 is 2.15 bits per heavy atom. The summed E-state index contributed by atoms with van der Waals surface area (Å²) in [5, 5.41) is 11.8. The quantitative estimate of drug-likeness (QED) is 0.821. The zero-order valence-electron chi connectivity index (χ0n) is 12.1. The Labute approximate surface area is 126 Å². The zero-order valence-corrected chi connectivity index (χ0v) is 12.9. The fourth-order valence-electron chi connectivity index (χ4n) is 5.65. The first-order valence-electron chi connectivity index (χ1n) is 8.00. The molecule has 5 rings (SSSR count). The van der Waals surface area contributed by atoms with Gasteiger partial charge in [-0.05, 0) is 80.4 Å². The molecule has 2 heteroatoms. The molecule has 4 aliphatic carbocycles. The second-order valence-corrected chi connectivity index (χ2v) is 8.10. The van der Waals surface area contributed by atoms with Crippen LogP contribution < -0.4 is 0 Å². The van der Waals surface area contributed by atoms with Gasteiger partial charge in [-0.1, -0.05) is 23.7 Å². The monoisotopic (exact) mass is 290 g/mol. The van der Waals surface area contributed by atoms with Crippen LogP contribution in [0.5, 0.6) is 0 Å². The number of hydrogen-bond donors (Lipinski definition) is 1. The van der Waals surface area contributed by atoms with E-state index in [9.17, 15) is 5.11 Å². The van der Waals surface area contributed by atoms with Crippen LogP contribution in [0.4, 0.5) is 0 Å². The lowest BCUT2D eigenvalue weighted by atomic mass is 9.47. The summed E-state index contributed by atoms with van der Waals surface area (Å²) in [6.45, 7) is 2.02. The van der Waals surface area contributed by atoms with Crippen molar-refractivity contribution in [3.05, 3.63) is 34.3 Å². The molecule has 108 valence electrons. The van der Waals surface area contributed by atoms with E-state index in [0.717, 1.165) is 33.9 Å². The predicted molar refractivity (Wildman–Crippen MR) is 81.8 cm³/mol. The van der Waals surface area contributed by atoms with E-state index in [1.54, 1.807) is 0 Å². The van der Waals surface area contributed by atoms with Crippen LogP contribution in [0.1, 0.15) is 55.8 Å². The average molecular weight is 291 g/mol. The van der Waals surface area contributed by atoms with Crippen molar-refractivity contribution in [2.45, 2.75) is 51.6 Å². The van der Waals surface area contributed by atoms with E-state index < -0.39 is 0 Å². The summed E-state index contributed by atoms with van der Waals surface area (Å²) in [6.07, 6.45) is 7.61. The summed E-state index contributed by atoms with van der Waals surface area (Å²) in [5.41, 5.74) is 2.27. The Hall–Kier alpha value is -0.530. The summed E-state index contributed by atoms with van der Waals surface area (Å²) in [7, 11) is 0. The minimum absolute atomic E-state index is 0.146. The molecule has 0 amide bonds. The normalized spacial score (nSPS) is 40.0. The van der Waals surface area contributed by atoms with Crippen molar-refractivity contribution in [3.8, 4) is 0 Å². The van der Waals surface area contributed by atoms with Gasteiger partial charge in [0.15, 0.2) is 0 Å². The molecule has 0 aromatic heterocycles. The molecule has 4 aliphatic rings. The van der Waals surface area contributed by atoms with Gasteiger partial charge >= 0.3 is 0 Å². The third-order valence-electron chi connectivity index (χ3n) is 6.18. The van der Waals surface area contributed by atoms with Crippen molar-refractivity contribution < 1.29 is 5.11 Å². The third kappa shape index (κ3) is 1.94. The summed E-state index contributed by atoms with van der Waals surface area (Å²) in [6, 6.07) is 6.10. The van der Waals surface area contributed by atoms with Gasteiger partial charge in [-0.3, -0.25) is 0 Å². The van der Waals surface area contributed by atoms with E-state index in [2.05, 4.69) is 6.07 Å². The molecular weight excluding hydrogens is 268 g/mol. The van der Waals surface area contributed by atoms with Crippen molar-refractivity contribution in [3.63, 3.8) is 0 Å². The van der Waals surface area contributed by atoms with Crippen LogP contribution in [-0.4, -0.2) is 5.11 Å². The van der Waals surface area contributed by atoms with Gasteiger partial charge in [0.1, 0.15) is 0 Å². The van der Waals surface area contributed by atoms with E-state index in [-0.39, 0.29) is 11.5 Å². The fourth-order valence-corrected chi connectivity index (χ4v) is 5.83. The largest absolute Gasteiger partial charge is 0.388 e. The lowest BCUT2D eigenvalue weighted by molar-refractivity contribution is -0.122. The van der Waals surface area contributed by atoms with Gasteiger partial charge in [-0.2, -0.15) is 0 Å². The first-order chi connectivity index (χ1) is 9.56. The maximum absolute atomic E-state index is 11.0. The first-order valence-corrected chi connectivity index (χ1v) is 8.38. The van der Waals surface area contributed by atoms with Crippen LogP contribution in [0.2, 0.25) is 5.02 Å². The molecule has 0 saturated heterocycles. The maximum atomic E-state index is 11.0. The highest BCUT2D eigenvalue weighted by Gasteiger charge is 2.54. The van der Waals surface area contributed by atoms with Crippen molar-refractivity contribution in [1.82, 2.24) is 0 Å². The van der Waals surface area contributed by atoms with Gasteiger partial charge in [-0.25, -0.2) is 0 Å². The molecule has 0 aliphatic heterocycles. The first kappa shape index (κ1) is 13.2. The molecule has 1 aromatic rings. The average Bonchev–Trinajstić information content (AvgIpc) is 2.39. The summed E-state index contributed by atoms with van der Waals surface area (Å²) < 4.78 is 0. The number of halogens is 1. The smallest absolute Gasteiger partial charge is 0.0847 e. The molecule has 0 radical (unpaired) electrons. The number of rotatable bonds is 2. The van der Waals surface area contributed by atoms with Crippen LogP contribution in [-0.2, 0) is 0 Å². The lowest BCUT2D eigenvalue weighted by Crippen LogP contribution is -2.48. The molecule has 4 fully saturated rings. The van der Waals surface area contributed by atoms with Crippen LogP contribution in [0.25, 0.3) is 0 Å². The minimum Gasteiger partial charge on any atom is -0.388 e. The minimum atomic E-state index is -0.325. The lowest BCUT2D eigenvalue weighted by Gasteiger charge is -2.58. The van der Waals surface area contributed by atoms with Gasteiger partial charge in [0.2, 0.25) is 0 Å². The van der Waals surface area contributed by atoms with Gasteiger partial charge in [0, 0.05) is 10.4 Å². The molecule has 0 heterocycles. The highest BCUT2D eigenvalue weighted by atomic mass is 35.5. The second-order valence-electron chi connectivity index (χ2n) is 7.69. The van der Waals surface area contributed by atoms with Gasteiger partial charge in [0.05, 0.1) is 6.10 Å². The molecule has 1 N–H and O–H groups in total. The SMILES string of the molecule is Cc1ccc(C(O)C23CC4CC(CC(C4)C2)C3)cc1Cl. The summed E-state index contributed by atoms with van der Waals surface area (Å²) in [5.74, 6) is 2.62. The number of aryl methyl sites for hydroxylation is 1. The van der Waals surface area contributed by atoms with Crippen LogP contribution in [0.15, 0.2) is 18.2 Å². The number of hydrogen-bond acceptors (Lipinski definition) is 1. The number of aliphatic hydroxyl groups excluding tert-OH is 1. The summed E-state index contributed by atoms with van der Waals surface area (Å²) in [4.78, 5) is 0. The topological polar surface area (TPSA) is 20.2 Å². The molecule has 1 aromatic carbocycles. The van der Waals surface area contributed by atoms with E-state index >= 15 is 0 Å². The molecule has 20 heavy (non-hydrogen) atoms. The number of aliphatic hydroxyl groups is 1. The van der Waals surface area contributed by atoms with Crippen LogP contribution >= 0.6 is 11.6 Å². The maximum Gasteiger partial charge on any atom is 0.0847 e. The van der Waals surface area contributed by atoms with Crippen LogP contribution in [0.3, 0.4) is 0 Å². The fraction of sp³-hybridized carbons (Fsp3) is 0.667. The molecule has 1 unspecified atom stereocenters. The molecule has 1 nitrogen and oxygen atoms in total. The second kappa shape index (κ2) is 4.48. The Bertz CT molecular complexity index is 501. The highest BCUT2D eigenvalue weighted by Crippen LogP contribution is 2.64. The number of benzene rings is 1. The Balaban J connectivity index is 1.67. The van der Waals surface area contributed by atoms with Gasteiger partial charge in [0.25, 0.3) is 0 Å². The van der Waals surface area contributed by atoms with Crippen molar-refractivity contribution >= 4 is 11.6 Å². The van der Waals surface area contributed by atoms with Crippen molar-refractivity contribution in [2.24, 2.45) is 23.2 Å². The molecule has 4 bridgehead atoms. The molecular formula is C18H23ClO.